The van der Waals surface area contributed by atoms with Crippen LogP contribution in [0.15, 0.2) is 23.1 Å². The summed E-state index contributed by atoms with van der Waals surface area (Å²) in [5, 5.41) is 0. The first-order valence-corrected chi connectivity index (χ1v) is 6.55. The summed E-state index contributed by atoms with van der Waals surface area (Å²) in [6, 6.07) is 2.88. The Morgan fingerprint density at radius 2 is 1.94 bits per heavy atom. The molecule has 0 heterocycles. The highest BCUT2D eigenvalue weighted by molar-refractivity contribution is 7.89. The largest absolute Gasteiger partial charge is 0.294 e. The van der Waals surface area contributed by atoms with Crippen LogP contribution in [0.1, 0.15) is 31.1 Å². The highest BCUT2D eigenvalue weighted by Crippen LogP contribution is 2.15. The fourth-order valence-corrected chi connectivity index (χ4v) is 2.60. The molecule has 0 saturated carbocycles. The molecule has 0 saturated heterocycles. The summed E-state index contributed by atoms with van der Waals surface area (Å²) in [7, 11) is -3.70. The number of sulfonamides is 1. The molecule has 0 aliphatic rings. The Kier molecular flexibility index (Phi) is 4.00. The zero-order chi connectivity index (χ0) is 13.2. The number of rotatable bonds is 4. The molecule has 0 spiro atoms. The lowest BCUT2D eigenvalue weighted by atomic mass is 10.1. The van der Waals surface area contributed by atoms with Crippen molar-refractivity contribution in [3.8, 4) is 0 Å². The van der Waals surface area contributed by atoms with Crippen molar-refractivity contribution in [1.82, 2.24) is 4.72 Å². The van der Waals surface area contributed by atoms with E-state index >= 15 is 0 Å². The van der Waals surface area contributed by atoms with Gasteiger partial charge in [0.2, 0.25) is 10.0 Å². The quantitative estimate of drug-likeness (QED) is 0.837. The first-order valence-electron chi connectivity index (χ1n) is 5.07. The number of halogens is 1. The van der Waals surface area contributed by atoms with Crippen molar-refractivity contribution in [2.45, 2.75) is 31.7 Å². The minimum Gasteiger partial charge on any atom is -0.294 e. The molecule has 4 nitrogen and oxygen atoms in total. The molecule has 17 heavy (non-hydrogen) atoms. The lowest BCUT2D eigenvalue weighted by Gasteiger charge is -2.10. The van der Waals surface area contributed by atoms with E-state index in [4.69, 9.17) is 0 Å². The van der Waals surface area contributed by atoms with E-state index in [1.165, 1.54) is 6.92 Å². The SMILES string of the molecule is CC(=O)c1cc(S(=O)(=O)NC(C)C)ccc1F. The lowest BCUT2D eigenvalue weighted by Crippen LogP contribution is -2.30. The lowest BCUT2D eigenvalue weighted by molar-refractivity contribution is 0.101. The molecular weight excluding hydrogens is 245 g/mol. The normalized spacial score (nSPS) is 11.8. The first-order chi connectivity index (χ1) is 7.74. The number of benzene rings is 1. The third-order valence-electron chi connectivity index (χ3n) is 2.02. The zero-order valence-electron chi connectivity index (χ0n) is 9.82. The van der Waals surface area contributed by atoms with Gasteiger partial charge in [-0.1, -0.05) is 0 Å². The number of carbonyl (C=O) groups is 1. The number of nitrogens with one attached hydrogen (secondary N) is 1. The third-order valence-corrected chi connectivity index (χ3v) is 3.67. The summed E-state index contributed by atoms with van der Waals surface area (Å²) >= 11 is 0. The topological polar surface area (TPSA) is 63.2 Å². The molecule has 1 aromatic rings. The molecule has 0 fully saturated rings. The monoisotopic (exact) mass is 259 g/mol. The molecule has 1 N–H and O–H groups in total. The van der Waals surface area contributed by atoms with E-state index in [0.29, 0.717) is 0 Å². The maximum atomic E-state index is 13.2. The molecule has 1 rings (SSSR count). The van der Waals surface area contributed by atoms with Crippen LogP contribution in [-0.4, -0.2) is 20.2 Å². The van der Waals surface area contributed by atoms with Crippen LogP contribution in [0.5, 0.6) is 0 Å². The van der Waals surface area contributed by atoms with Crippen molar-refractivity contribution in [2.24, 2.45) is 0 Å². The summed E-state index contributed by atoms with van der Waals surface area (Å²) in [6.07, 6.45) is 0. The highest BCUT2D eigenvalue weighted by atomic mass is 32.2. The van der Waals surface area contributed by atoms with Gasteiger partial charge in [-0.2, -0.15) is 0 Å². The molecule has 6 heteroatoms. The molecule has 94 valence electrons. The predicted octanol–water partition coefficient (Wildman–Crippen LogP) is 1.72. The second-order valence-electron chi connectivity index (χ2n) is 3.97. The maximum Gasteiger partial charge on any atom is 0.240 e. The Hall–Kier alpha value is -1.27. The van der Waals surface area contributed by atoms with Crippen LogP contribution in [0.2, 0.25) is 0 Å². The summed E-state index contributed by atoms with van der Waals surface area (Å²) < 4.78 is 39.2. The molecule has 0 unspecified atom stereocenters. The predicted molar refractivity (Wildman–Crippen MR) is 61.9 cm³/mol. The van der Waals surface area contributed by atoms with Gasteiger partial charge >= 0.3 is 0 Å². The van der Waals surface area contributed by atoms with E-state index in [9.17, 15) is 17.6 Å². The molecule has 0 atom stereocenters. The Morgan fingerprint density at radius 3 is 2.41 bits per heavy atom. The number of ketones is 1. The van der Waals surface area contributed by atoms with E-state index in [1.54, 1.807) is 13.8 Å². The van der Waals surface area contributed by atoms with Crippen LogP contribution in [0.25, 0.3) is 0 Å². The number of carbonyl (C=O) groups excluding carboxylic acids is 1. The molecule has 0 radical (unpaired) electrons. The summed E-state index contributed by atoms with van der Waals surface area (Å²) in [6.45, 7) is 4.53. The van der Waals surface area contributed by atoms with E-state index in [2.05, 4.69) is 4.72 Å². The smallest absolute Gasteiger partial charge is 0.240 e. The standard InChI is InChI=1S/C11H14FNO3S/c1-7(2)13-17(15,16)9-4-5-11(12)10(6-9)8(3)14/h4-7,13H,1-3H3. The molecular formula is C11H14FNO3S. The summed E-state index contributed by atoms with van der Waals surface area (Å²) in [5.41, 5.74) is -0.225. The second kappa shape index (κ2) is 4.93. The Labute approximate surface area is 99.9 Å². The van der Waals surface area contributed by atoms with Crippen LogP contribution < -0.4 is 4.72 Å². The van der Waals surface area contributed by atoms with Crippen LogP contribution in [-0.2, 0) is 10.0 Å². The van der Waals surface area contributed by atoms with Crippen LogP contribution in [0.4, 0.5) is 4.39 Å². The number of Topliss-reactive ketones (excluding diaryl/α,β-unsaturated/α-hetero) is 1. The van der Waals surface area contributed by atoms with Crippen LogP contribution in [0, 0.1) is 5.82 Å². The maximum absolute atomic E-state index is 13.2. The highest BCUT2D eigenvalue weighted by Gasteiger charge is 2.18. The van der Waals surface area contributed by atoms with E-state index in [0.717, 1.165) is 18.2 Å². The van der Waals surface area contributed by atoms with Crippen molar-refractivity contribution in [3.05, 3.63) is 29.6 Å². The van der Waals surface area contributed by atoms with Crippen molar-refractivity contribution < 1.29 is 17.6 Å². The molecule has 0 aromatic heterocycles. The van der Waals surface area contributed by atoms with Gasteiger partial charge in [-0.05, 0) is 39.0 Å². The minimum atomic E-state index is -3.70. The zero-order valence-corrected chi connectivity index (χ0v) is 10.6. The van der Waals surface area contributed by atoms with Gasteiger partial charge in [0.1, 0.15) is 5.82 Å². The Morgan fingerprint density at radius 1 is 1.35 bits per heavy atom. The molecule has 0 aliphatic carbocycles. The van der Waals surface area contributed by atoms with Gasteiger partial charge in [-0.3, -0.25) is 4.79 Å². The molecule has 0 amide bonds. The van der Waals surface area contributed by atoms with E-state index in [1.807, 2.05) is 0 Å². The van der Waals surface area contributed by atoms with Gasteiger partial charge in [0.15, 0.2) is 5.78 Å². The van der Waals surface area contributed by atoms with Crippen molar-refractivity contribution in [2.75, 3.05) is 0 Å². The van der Waals surface area contributed by atoms with Gasteiger partial charge in [0.25, 0.3) is 0 Å². The fourth-order valence-electron chi connectivity index (χ4n) is 1.32. The van der Waals surface area contributed by atoms with Crippen LogP contribution >= 0.6 is 0 Å². The number of hydrogen-bond donors (Lipinski definition) is 1. The van der Waals surface area contributed by atoms with Gasteiger partial charge in [0, 0.05) is 6.04 Å². The molecule has 0 aliphatic heterocycles. The van der Waals surface area contributed by atoms with Gasteiger partial charge in [-0.25, -0.2) is 17.5 Å². The van der Waals surface area contributed by atoms with Crippen molar-refractivity contribution in [3.63, 3.8) is 0 Å². The fraction of sp³-hybridized carbons (Fsp3) is 0.364. The average molecular weight is 259 g/mol. The molecule has 1 aromatic carbocycles. The van der Waals surface area contributed by atoms with E-state index in [-0.39, 0.29) is 16.5 Å². The van der Waals surface area contributed by atoms with Gasteiger partial charge in [-0.15, -0.1) is 0 Å². The van der Waals surface area contributed by atoms with Gasteiger partial charge in [0.05, 0.1) is 10.5 Å². The molecule has 0 bridgehead atoms. The third kappa shape index (κ3) is 3.34. The minimum absolute atomic E-state index is 0.113. The number of hydrogen-bond acceptors (Lipinski definition) is 3. The summed E-state index contributed by atoms with van der Waals surface area (Å²) in [5.74, 6) is -1.23. The Balaban J connectivity index is 3.25. The van der Waals surface area contributed by atoms with Gasteiger partial charge < -0.3 is 0 Å². The Bertz CT molecular complexity index is 538. The second-order valence-corrected chi connectivity index (χ2v) is 5.69. The van der Waals surface area contributed by atoms with Crippen molar-refractivity contribution in [1.29, 1.82) is 0 Å². The van der Waals surface area contributed by atoms with E-state index < -0.39 is 21.6 Å². The van der Waals surface area contributed by atoms with Crippen molar-refractivity contribution >= 4 is 15.8 Å². The summed E-state index contributed by atoms with van der Waals surface area (Å²) in [4.78, 5) is 11.0. The first kappa shape index (κ1) is 13.8. The van der Waals surface area contributed by atoms with Crippen LogP contribution in [0.3, 0.4) is 0 Å². The average Bonchev–Trinajstić information content (AvgIpc) is 2.15.